The Morgan fingerprint density at radius 1 is 1.06 bits per heavy atom. The number of nitrogens with zero attached hydrogens (tertiary/aromatic N) is 3. The molecule has 1 aromatic heterocycles. The van der Waals surface area contributed by atoms with Gasteiger partial charge in [0, 0.05) is 24.2 Å². The number of allylic oxidation sites excluding steroid dienone is 1. The quantitative estimate of drug-likeness (QED) is 0.293. The maximum Gasteiger partial charge on any atom is 0.304 e. The van der Waals surface area contributed by atoms with E-state index in [1.54, 1.807) is 23.9 Å². The Morgan fingerprint density at radius 3 is 2.44 bits per heavy atom. The van der Waals surface area contributed by atoms with Crippen LogP contribution in [-0.2, 0) is 24.2 Å². The fraction of sp³-hybridized carbons (Fsp3) is 0.320. The van der Waals surface area contributed by atoms with Gasteiger partial charge in [0.1, 0.15) is 5.82 Å². The van der Waals surface area contributed by atoms with Gasteiger partial charge in [-0.1, -0.05) is 53.3 Å². The molecule has 0 unspecified atom stereocenters. The molecule has 5 nitrogen and oxygen atoms in total. The molecule has 7 heteroatoms. The molecule has 0 aliphatic rings. The Morgan fingerprint density at radius 2 is 1.75 bits per heavy atom. The number of aliphatic carboxylic acids is 1. The minimum Gasteiger partial charge on any atom is -0.481 e. The molecule has 0 spiro atoms. The summed E-state index contributed by atoms with van der Waals surface area (Å²) < 4.78 is 15.0. The van der Waals surface area contributed by atoms with Crippen LogP contribution in [0.1, 0.15) is 31.0 Å². The molecule has 0 saturated carbocycles. The van der Waals surface area contributed by atoms with Crippen LogP contribution in [0.25, 0.3) is 11.1 Å². The molecular weight excluding hydrogens is 425 g/mol. The van der Waals surface area contributed by atoms with Crippen LogP contribution in [-0.4, -0.2) is 37.6 Å². The van der Waals surface area contributed by atoms with Gasteiger partial charge in [0.15, 0.2) is 0 Å². The van der Waals surface area contributed by atoms with Crippen molar-refractivity contribution in [3.63, 3.8) is 0 Å². The summed E-state index contributed by atoms with van der Waals surface area (Å²) in [4.78, 5) is 10.5. The first-order valence-electron chi connectivity index (χ1n) is 10.7. The lowest BCUT2D eigenvalue weighted by Gasteiger charge is -2.04. The lowest BCUT2D eigenvalue weighted by molar-refractivity contribution is -0.136. The fourth-order valence-corrected chi connectivity index (χ4v) is 4.07. The van der Waals surface area contributed by atoms with Gasteiger partial charge >= 0.3 is 5.97 Å². The van der Waals surface area contributed by atoms with E-state index in [0.717, 1.165) is 48.4 Å². The zero-order chi connectivity index (χ0) is 22.8. The Kier molecular flexibility index (Phi) is 9.04. The van der Waals surface area contributed by atoms with Gasteiger partial charge in [-0.05, 0) is 55.0 Å². The van der Waals surface area contributed by atoms with Gasteiger partial charge in [0.05, 0.1) is 12.1 Å². The van der Waals surface area contributed by atoms with Gasteiger partial charge in [-0.3, -0.25) is 9.48 Å². The molecule has 2 aromatic carbocycles. The molecule has 0 radical (unpaired) electrons. The third kappa shape index (κ3) is 7.96. The fourth-order valence-electron chi connectivity index (χ4n) is 3.18. The number of carboxylic acids is 1. The number of thioether (sulfide) groups is 1. The van der Waals surface area contributed by atoms with Gasteiger partial charge in [-0.15, -0.1) is 5.10 Å². The number of halogens is 1. The summed E-state index contributed by atoms with van der Waals surface area (Å²) in [7, 11) is 0. The van der Waals surface area contributed by atoms with Crippen molar-refractivity contribution >= 4 is 17.7 Å². The summed E-state index contributed by atoms with van der Waals surface area (Å²) in [5.41, 5.74) is 5.54. The zero-order valence-electron chi connectivity index (χ0n) is 18.2. The highest BCUT2D eigenvalue weighted by Crippen LogP contribution is 2.20. The highest BCUT2D eigenvalue weighted by atomic mass is 32.2. The Labute approximate surface area is 192 Å². The second-order valence-corrected chi connectivity index (χ2v) is 8.85. The van der Waals surface area contributed by atoms with Crippen molar-refractivity contribution in [3.8, 4) is 11.1 Å². The molecule has 0 aliphatic carbocycles. The number of benzene rings is 2. The number of rotatable bonds is 12. The van der Waals surface area contributed by atoms with Crippen LogP contribution in [0.3, 0.4) is 0 Å². The molecule has 3 aromatic rings. The summed E-state index contributed by atoms with van der Waals surface area (Å²) in [6, 6.07) is 14.9. The monoisotopic (exact) mass is 453 g/mol. The van der Waals surface area contributed by atoms with E-state index in [9.17, 15) is 9.18 Å². The topological polar surface area (TPSA) is 68.0 Å². The molecule has 0 amide bonds. The lowest BCUT2D eigenvalue weighted by atomic mass is 10.0. The molecule has 0 atom stereocenters. The van der Waals surface area contributed by atoms with E-state index >= 15 is 0 Å². The normalized spacial score (nSPS) is 11.6. The van der Waals surface area contributed by atoms with Gasteiger partial charge in [0.25, 0.3) is 0 Å². The van der Waals surface area contributed by atoms with Crippen molar-refractivity contribution in [2.75, 3.05) is 11.5 Å². The molecule has 168 valence electrons. The summed E-state index contributed by atoms with van der Waals surface area (Å²) in [6.07, 6.45) is 6.96. The average Bonchev–Trinajstić information content (AvgIpc) is 3.25. The van der Waals surface area contributed by atoms with Gasteiger partial charge in [-0.25, -0.2) is 4.39 Å². The molecule has 32 heavy (non-hydrogen) atoms. The molecule has 0 saturated heterocycles. The third-order valence-corrected chi connectivity index (χ3v) is 6.03. The Balaban J connectivity index is 1.41. The smallest absolute Gasteiger partial charge is 0.304 e. The molecule has 1 heterocycles. The number of aromatic nitrogens is 3. The summed E-state index contributed by atoms with van der Waals surface area (Å²) in [5.74, 6) is 0.501. The molecular formula is C25H28FN3O2S. The third-order valence-electron chi connectivity index (χ3n) is 5.13. The van der Waals surface area contributed by atoms with Crippen LogP contribution in [0.4, 0.5) is 4.39 Å². The highest BCUT2D eigenvalue weighted by Gasteiger charge is 2.04. The predicted molar refractivity (Wildman–Crippen MR) is 127 cm³/mol. The summed E-state index contributed by atoms with van der Waals surface area (Å²) >= 11 is 1.63. The van der Waals surface area contributed by atoms with Crippen LogP contribution in [0.2, 0.25) is 0 Å². The predicted octanol–water partition coefficient (Wildman–Crippen LogP) is 5.41. The largest absolute Gasteiger partial charge is 0.481 e. The summed E-state index contributed by atoms with van der Waals surface area (Å²) in [6.45, 7) is 2.87. The van der Waals surface area contributed by atoms with Crippen LogP contribution < -0.4 is 0 Å². The minimum absolute atomic E-state index is 0.206. The van der Waals surface area contributed by atoms with Crippen LogP contribution >= 0.6 is 11.8 Å². The van der Waals surface area contributed by atoms with Gasteiger partial charge in [0.2, 0.25) is 0 Å². The van der Waals surface area contributed by atoms with Crippen molar-refractivity contribution in [2.24, 2.45) is 0 Å². The van der Waals surface area contributed by atoms with Crippen molar-refractivity contribution in [1.82, 2.24) is 15.0 Å². The maximum atomic E-state index is 13.1. The van der Waals surface area contributed by atoms with E-state index in [2.05, 4.69) is 47.6 Å². The number of carbonyl (C=O) groups is 1. The van der Waals surface area contributed by atoms with E-state index in [1.807, 2.05) is 10.9 Å². The second kappa shape index (κ2) is 12.2. The van der Waals surface area contributed by atoms with E-state index in [4.69, 9.17) is 5.11 Å². The van der Waals surface area contributed by atoms with Crippen LogP contribution in [0, 0.1) is 5.82 Å². The molecule has 0 aliphatic heterocycles. The first kappa shape index (κ1) is 23.7. The van der Waals surface area contributed by atoms with Crippen molar-refractivity contribution < 1.29 is 14.3 Å². The van der Waals surface area contributed by atoms with E-state index in [0.29, 0.717) is 5.75 Å². The van der Waals surface area contributed by atoms with E-state index < -0.39 is 5.97 Å². The van der Waals surface area contributed by atoms with Crippen molar-refractivity contribution in [2.45, 2.75) is 39.2 Å². The van der Waals surface area contributed by atoms with Crippen molar-refractivity contribution in [1.29, 1.82) is 0 Å². The first-order chi connectivity index (χ1) is 15.5. The van der Waals surface area contributed by atoms with Crippen molar-refractivity contribution in [3.05, 3.63) is 83.5 Å². The van der Waals surface area contributed by atoms with Gasteiger partial charge < -0.3 is 5.11 Å². The molecule has 3 rings (SSSR count). The number of carboxylic acid groups (broad SMARTS) is 1. The summed E-state index contributed by atoms with van der Waals surface area (Å²) in [5, 5.41) is 17.2. The average molecular weight is 454 g/mol. The van der Waals surface area contributed by atoms with E-state index in [-0.39, 0.29) is 12.2 Å². The Bertz CT molecular complexity index is 1030. The highest BCUT2D eigenvalue weighted by molar-refractivity contribution is 7.99. The van der Waals surface area contributed by atoms with Crippen LogP contribution in [0.5, 0.6) is 0 Å². The number of aryl methyl sites for hydroxylation is 3. The molecule has 1 N–H and O–H groups in total. The lowest BCUT2D eigenvalue weighted by Crippen LogP contribution is -1.99. The zero-order valence-corrected chi connectivity index (χ0v) is 19.0. The second-order valence-electron chi connectivity index (χ2n) is 7.70. The Hall–Kier alpha value is -2.93. The van der Waals surface area contributed by atoms with Gasteiger partial charge in [-0.2, -0.15) is 11.8 Å². The molecule has 0 bridgehead atoms. The van der Waals surface area contributed by atoms with E-state index in [1.165, 1.54) is 23.3 Å². The number of hydrogen-bond donors (Lipinski definition) is 1. The minimum atomic E-state index is -0.748. The van der Waals surface area contributed by atoms with Crippen LogP contribution in [0.15, 0.2) is 66.4 Å². The molecule has 0 fully saturated rings. The standard InChI is InChI=1S/C25H28FN3O2S/c1-19(13-16-32-17-14-25(30)31)12-15-29-18-24(27-28-29)11-4-20-2-5-21(6-3-20)22-7-9-23(26)10-8-22/h2-3,5-10,13,18H,4,11-12,14-17H2,1H3,(H,30,31)/b19-13+. The SMILES string of the molecule is C/C(=C\CSCCC(=O)O)CCn1cc(CCc2ccc(-c3ccc(F)cc3)cc2)nn1. The number of hydrogen-bond acceptors (Lipinski definition) is 4. The first-order valence-corrected chi connectivity index (χ1v) is 11.8. The maximum absolute atomic E-state index is 13.1.